The molecule has 134 valence electrons. The molecule has 3 nitrogen and oxygen atoms in total. The third-order valence-electron chi connectivity index (χ3n) is 5.02. The summed E-state index contributed by atoms with van der Waals surface area (Å²) in [5, 5.41) is 1.74. The van der Waals surface area contributed by atoms with Crippen molar-refractivity contribution in [3.05, 3.63) is 70.6 Å². The monoisotopic (exact) mass is 359 g/mol. The summed E-state index contributed by atoms with van der Waals surface area (Å²) in [6.07, 6.45) is 0.0370. The second-order valence-corrected chi connectivity index (χ2v) is 7.08. The molecule has 2 aromatic heterocycles. The number of nitrogens with zero attached hydrogens (tertiary/aromatic N) is 2. The summed E-state index contributed by atoms with van der Waals surface area (Å²) in [7, 11) is 1.69. The minimum atomic E-state index is -1.17. The fraction of sp³-hybridized carbons (Fsp3) is 0.250. The molecule has 0 radical (unpaired) electrons. The number of hydrogen-bond donors (Lipinski definition) is 0. The van der Waals surface area contributed by atoms with E-state index in [0.717, 1.165) is 21.9 Å². The Labute approximate surface area is 165 Å². The molecule has 4 rings (SSSR count). The van der Waals surface area contributed by atoms with Crippen molar-refractivity contribution >= 4 is 27.6 Å². The highest BCUT2D eigenvalue weighted by Crippen LogP contribution is 2.40. The van der Waals surface area contributed by atoms with Gasteiger partial charge in [-0.05, 0) is 36.9 Å². The van der Waals surface area contributed by atoms with Gasteiger partial charge in [0, 0.05) is 23.7 Å². The van der Waals surface area contributed by atoms with Gasteiger partial charge in [-0.25, -0.2) is 9.41 Å². The van der Waals surface area contributed by atoms with Gasteiger partial charge in [0.25, 0.3) is 0 Å². The zero-order valence-electron chi connectivity index (χ0n) is 20.1. The average molecular weight is 359 g/mol. The minimum Gasteiger partial charge on any atom is -0.456 e. The van der Waals surface area contributed by atoms with E-state index in [1.807, 2.05) is 32.0 Å². The number of aryl methyl sites for hydroxylation is 2. The lowest BCUT2D eigenvalue weighted by Crippen LogP contribution is -2.31. The van der Waals surface area contributed by atoms with Gasteiger partial charge >= 0.3 is 0 Å². The number of benzene rings is 2. The van der Waals surface area contributed by atoms with Crippen LogP contribution in [-0.2, 0) is 7.05 Å². The van der Waals surface area contributed by atoms with Crippen LogP contribution in [0.2, 0.25) is 0 Å². The van der Waals surface area contributed by atoms with Crippen LogP contribution in [0.4, 0.5) is 5.69 Å². The molecule has 0 amide bonds. The maximum atomic E-state index is 8.75. The predicted molar refractivity (Wildman–Crippen MR) is 110 cm³/mol. The molecule has 27 heavy (non-hydrogen) atoms. The molecule has 0 fully saturated rings. The molecule has 0 unspecified atom stereocenters. The summed E-state index contributed by atoms with van der Waals surface area (Å²) in [6, 6.07) is 7.41. The Bertz CT molecular complexity index is 1410. The molecule has 0 atom stereocenters. The molecular formula is C24H23N2O+. The van der Waals surface area contributed by atoms with Crippen LogP contribution in [0, 0.1) is 20.4 Å². The molecule has 2 heterocycles. The average Bonchev–Trinajstić information content (AvgIpc) is 3.07. The normalized spacial score (nSPS) is 13.9. The lowest BCUT2D eigenvalue weighted by molar-refractivity contribution is -0.660. The fourth-order valence-electron chi connectivity index (χ4n) is 3.47. The summed E-state index contributed by atoms with van der Waals surface area (Å²) < 4.78 is 42.1. The Morgan fingerprint density at radius 1 is 1.11 bits per heavy atom. The van der Waals surface area contributed by atoms with E-state index < -0.39 is 5.89 Å². The smallest absolute Gasteiger partial charge is 0.216 e. The van der Waals surface area contributed by atoms with Crippen LogP contribution in [0.3, 0.4) is 0 Å². The first kappa shape index (κ1) is 13.1. The summed E-state index contributed by atoms with van der Waals surface area (Å²) in [5.41, 5.74) is 4.63. The van der Waals surface area contributed by atoms with Crippen molar-refractivity contribution in [2.24, 2.45) is 7.05 Å². The zero-order valence-corrected chi connectivity index (χ0v) is 16.1. The Hall–Kier alpha value is -3.12. The molecule has 0 aliphatic carbocycles. The standard InChI is InChI=1S/C24H23N2O/c1-14(2)17-8-12-21(26(6)13-17)22-15(3)7-9-19-18-10-11-20(25-5)16(4)23(18)27-24(19)22/h7-14H,1-4,6H3/q+1/i8D,12D,13D,14D. The number of fused-ring (bicyclic) bond motifs is 3. The quantitative estimate of drug-likeness (QED) is 0.301. The van der Waals surface area contributed by atoms with Crippen LogP contribution in [0.5, 0.6) is 0 Å². The van der Waals surface area contributed by atoms with Crippen LogP contribution in [0.15, 0.2) is 46.9 Å². The first-order valence-electron chi connectivity index (χ1n) is 10.8. The van der Waals surface area contributed by atoms with Crippen LogP contribution < -0.4 is 4.57 Å². The van der Waals surface area contributed by atoms with E-state index in [9.17, 15) is 0 Å². The van der Waals surface area contributed by atoms with Crippen molar-refractivity contribution in [2.45, 2.75) is 33.6 Å². The number of rotatable bonds is 2. The molecular weight excluding hydrogens is 332 g/mol. The predicted octanol–water partition coefficient (Wildman–Crippen LogP) is 6.37. The maximum absolute atomic E-state index is 8.75. The molecule has 0 bridgehead atoms. The van der Waals surface area contributed by atoms with E-state index in [1.54, 1.807) is 31.5 Å². The van der Waals surface area contributed by atoms with E-state index in [1.165, 1.54) is 0 Å². The maximum Gasteiger partial charge on any atom is 0.216 e. The van der Waals surface area contributed by atoms with Gasteiger partial charge in [0.15, 0.2) is 11.9 Å². The SMILES string of the molecule is [2H]c1c([2H])c(-c2c(C)ccc3c2oc2c(C)c([N+]#[C-])ccc23)[n+](C)c([2H])c1C([2H])(C)C. The van der Waals surface area contributed by atoms with Crippen molar-refractivity contribution in [3.8, 4) is 11.3 Å². The lowest BCUT2D eigenvalue weighted by atomic mass is 9.98. The molecule has 2 aromatic carbocycles. The van der Waals surface area contributed by atoms with Crippen molar-refractivity contribution in [1.82, 2.24) is 0 Å². The topological polar surface area (TPSA) is 21.4 Å². The van der Waals surface area contributed by atoms with Gasteiger partial charge in [-0.3, -0.25) is 0 Å². The Kier molecular flexibility index (Phi) is 3.03. The Morgan fingerprint density at radius 3 is 2.52 bits per heavy atom. The highest BCUT2D eigenvalue weighted by Gasteiger charge is 2.22. The second kappa shape index (κ2) is 6.25. The summed E-state index contributed by atoms with van der Waals surface area (Å²) in [4.78, 5) is 3.56. The van der Waals surface area contributed by atoms with Gasteiger partial charge in [-0.2, -0.15) is 0 Å². The van der Waals surface area contributed by atoms with Crippen LogP contribution in [0.1, 0.15) is 41.9 Å². The van der Waals surface area contributed by atoms with E-state index in [2.05, 4.69) is 4.85 Å². The first-order chi connectivity index (χ1) is 14.5. The zero-order chi connectivity index (χ0) is 22.8. The van der Waals surface area contributed by atoms with E-state index in [-0.39, 0.29) is 23.8 Å². The highest BCUT2D eigenvalue weighted by molar-refractivity contribution is 6.11. The van der Waals surface area contributed by atoms with Gasteiger partial charge in [-0.15, -0.1) is 0 Å². The fourth-order valence-corrected chi connectivity index (χ4v) is 3.47. The number of hydrogen-bond acceptors (Lipinski definition) is 1. The molecule has 4 aromatic rings. The molecule has 0 spiro atoms. The molecule has 0 saturated carbocycles. The molecule has 3 heteroatoms. The Morgan fingerprint density at radius 2 is 1.81 bits per heavy atom. The molecule has 0 N–H and O–H groups in total. The van der Waals surface area contributed by atoms with Gasteiger partial charge in [0.05, 0.1) is 14.9 Å². The minimum absolute atomic E-state index is 0.0370. The van der Waals surface area contributed by atoms with E-state index in [4.69, 9.17) is 16.5 Å². The summed E-state index contributed by atoms with van der Waals surface area (Å²) in [6.45, 7) is 14.4. The van der Waals surface area contributed by atoms with Gasteiger partial charge in [-0.1, -0.05) is 38.1 Å². The van der Waals surface area contributed by atoms with Gasteiger partial charge in [0.2, 0.25) is 5.69 Å². The van der Waals surface area contributed by atoms with Gasteiger partial charge in [0.1, 0.15) is 19.6 Å². The van der Waals surface area contributed by atoms with Crippen LogP contribution >= 0.6 is 0 Å². The van der Waals surface area contributed by atoms with Crippen molar-refractivity contribution < 1.29 is 14.5 Å². The third-order valence-corrected chi connectivity index (χ3v) is 5.02. The highest BCUT2D eigenvalue weighted by atomic mass is 16.3. The van der Waals surface area contributed by atoms with Crippen LogP contribution in [0.25, 0.3) is 38.0 Å². The largest absolute Gasteiger partial charge is 0.456 e. The van der Waals surface area contributed by atoms with Crippen molar-refractivity contribution in [2.75, 3.05) is 0 Å². The third kappa shape index (κ3) is 2.61. The first-order valence-corrected chi connectivity index (χ1v) is 8.82. The molecule has 0 aliphatic heterocycles. The summed E-state index contributed by atoms with van der Waals surface area (Å²) >= 11 is 0. The lowest BCUT2D eigenvalue weighted by Gasteiger charge is -2.08. The number of aromatic nitrogens is 1. The van der Waals surface area contributed by atoms with Crippen molar-refractivity contribution in [1.29, 1.82) is 0 Å². The summed E-state index contributed by atoms with van der Waals surface area (Å²) in [5.74, 6) is -1.17. The van der Waals surface area contributed by atoms with Gasteiger partial charge < -0.3 is 4.42 Å². The molecule has 0 aliphatic rings. The number of furan rings is 1. The second-order valence-electron chi connectivity index (χ2n) is 7.08. The van der Waals surface area contributed by atoms with Crippen LogP contribution in [-0.4, -0.2) is 0 Å². The molecule has 0 saturated heterocycles. The Balaban J connectivity index is 2.17. The van der Waals surface area contributed by atoms with Crippen molar-refractivity contribution in [3.63, 3.8) is 0 Å². The van der Waals surface area contributed by atoms with E-state index >= 15 is 0 Å². The van der Waals surface area contributed by atoms with E-state index in [0.29, 0.717) is 28.1 Å². The number of pyridine rings is 1.